The minimum atomic E-state index is -0.762. The lowest BCUT2D eigenvalue weighted by atomic mass is 9.95. The monoisotopic (exact) mass is 586 g/mol. The van der Waals surface area contributed by atoms with Crippen LogP contribution in [0.1, 0.15) is 51.8 Å². The van der Waals surface area contributed by atoms with E-state index in [2.05, 4.69) is 0 Å². The van der Waals surface area contributed by atoms with Crippen LogP contribution in [0.4, 0.5) is 0 Å². The molecule has 0 saturated heterocycles. The van der Waals surface area contributed by atoms with Gasteiger partial charge in [0, 0.05) is 5.39 Å². The number of benzene rings is 3. The number of aromatic nitrogens is 1. The Kier molecular flexibility index (Phi) is 8.49. The molecule has 3 aromatic carbocycles. The molecular formula is C33H34N2O6S. The number of hydrogen-bond donors (Lipinski definition) is 0. The number of carbonyl (C=O) groups is 1. The van der Waals surface area contributed by atoms with Gasteiger partial charge in [0.15, 0.2) is 16.3 Å². The zero-order valence-corrected chi connectivity index (χ0v) is 25.4. The molecule has 0 unspecified atom stereocenters. The minimum absolute atomic E-state index is 0.0571. The van der Waals surface area contributed by atoms with E-state index < -0.39 is 12.0 Å². The first-order chi connectivity index (χ1) is 20.3. The Bertz CT molecular complexity index is 1870. The van der Waals surface area contributed by atoms with E-state index in [1.54, 1.807) is 37.7 Å². The summed E-state index contributed by atoms with van der Waals surface area (Å²) in [6.45, 7) is 10.1. The third-order valence-corrected chi connectivity index (χ3v) is 7.87. The second-order valence-corrected chi connectivity index (χ2v) is 11.0. The second-order valence-electron chi connectivity index (χ2n) is 10.0. The fourth-order valence-electron chi connectivity index (χ4n) is 5.16. The van der Waals surface area contributed by atoms with Gasteiger partial charge in [0.1, 0.15) is 5.75 Å². The van der Waals surface area contributed by atoms with Gasteiger partial charge in [-0.3, -0.25) is 9.36 Å². The van der Waals surface area contributed by atoms with Crippen LogP contribution in [-0.4, -0.2) is 37.0 Å². The Morgan fingerprint density at radius 1 is 1.02 bits per heavy atom. The predicted octanol–water partition coefficient (Wildman–Crippen LogP) is 5.15. The summed E-state index contributed by atoms with van der Waals surface area (Å²) in [5, 5.41) is 1.94. The summed E-state index contributed by atoms with van der Waals surface area (Å²) in [6, 6.07) is 16.5. The molecule has 4 aromatic rings. The lowest BCUT2D eigenvalue weighted by molar-refractivity contribution is -0.139. The minimum Gasteiger partial charge on any atom is -0.493 e. The number of methoxy groups -OCH3 is 1. The Morgan fingerprint density at radius 2 is 1.76 bits per heavy atom. The summed E-state index contributed by atoms with van der Waals surface area (Å²) in [6.07, 6.45) is 1.82. The maximum Gasteiger partial charge on any atom is 0.338 e. The molecule has 0 aliphatic carbocycles. The largest absolute Gasteiger partial charge is 0.493 e. The maximum atomic E-state index is 14.1. The molecule has 5 rings (SSSR count). The predicted molar refractivity (Wildman–Crippen MR) is 164 cm³/mol. The van der Waals surface area contributed by atoms with Crippen LogP contribution in [0.3, 0.4) is 0 Å². The Hall–Kier alpha value is -4.37. The first-order valence-electron chi connectivity index (χ1n) is 14.0. The summed E-state index contributed by atoms with van der Waals surface area (Å²) in [4.78, 5) is 32.6. The highest BCUT2D eigenvalue weighted by molar-refractivity contribution is 7.07. The van der Waals surface area contributed by atoms with E-state index in [0.29, 0.717) is 44.3 Å². The van der Waals surface area contributed by atoms with E-state index in [0.717, 1.165) is 22.1 Å². The van der Waals surface area contributed by atoms with Gasteiger partial charge in [0.25, 0.3) is 5.56 Å². The number of fused-ring (bicyclic) bond motifs is 2. The number of ether oxygens (including phenoxy) is 4. The van der Waals surface area contributed by atoms with Gasteiger partial charge in [-0.25, -0.2) is 9.79 Å². The van der Waals surface area contributed by atoms with Crippen molar-refractivity contribution in [2.75, 3.05) is 20.3 Å². The third kappa shape index (κ3) is 5.44. The van der Waals surface area contributed by atoms with Gasteiger partial charge >= 0.3 is 5.97 Å². The molecule has 0 amide bonds. The fraction of sp³-hybridized carbons (Fsp3) is 0.303. The van der Waals surface area contributed by atoms with Crippen molar-refractivity contribution in [3.8, 4) is 17.2 Å². The summed E-state index contributed by atoms with van der Waals surface area (Å²) in [5.74, 6) is 1.35. The van der Waals surface area contributed by atoms with Crippen molar-refractivity contribution in [1.82, 2.24) is 4.57 Å². The van der Waals surface area contributed by atoms with Crippen LogP contribution in [-0.2, 0) is 9.53 Å². The van der Waals surface area contributed by atoms with Crippen LogP contribution < -0.4 is 29.1 Å². The zero-order chi connectivity index (χ0) is 30.0. The molecule has 0 fully saturated rings. The molecule has 0 bridgehead atoms. The number of hydrogen-bond acceptors (Lipinski definition) is 8. The number of thiazole rings is 1. The summed E-state index contributed by atoms with van der Waals surface area (Å²) >= 11 is 1.29. The van der Waals surface area contributed by atoms with Crippen LogP contribution in [0.2, 0.25) is 0 Å². The molecule has 42 heavy (non-hydrogen) atoms. The van der Waals surface area contributed by atoms with Gasteiger partial charge in [0.2, 0.25) is 0 Å². The molecule has 1 aliphatic heterocycles. The summed E-state index contributed by atoms with van der Waals surface area (Å²) in [5.41, 5.74) is 2.12. The molecule has 1 aromatic heterocycles. The molecule has 2 heterocycles. The fourth-order valence-corrected chi connectivity index (χ4v) is 6.19. The van der Waals surface area contributed by atoms with E-state index in [1.807, 2.05) is 69.3 Å². The van der Waals surface area contributed by atoms with Crippen LogP contribution >= 0.6 is 11.3 Å². The van der Waals surface area contributed by atoms with E-state index in [9.17, 15) is 9.59 Å². The molecule has 218 valence electrons. The highest BCUT2D eigenvalue weighted by Crippen LogP contribution is 2.36. The van der Waals surface area contributed by atoms with Crippen molar-refractivity contribution in [2.24, 2.45) is 4.99 Å². The van der Waals surface area contributed by atoms with E-state index in [1.165, 1.54) is 11.3 Å². The number of esters is 1. The van der Waals surface area contributed by atoms with Gasteiger partial charge in [-0.1, -0.05) is 47.7 Å². The topological polar surface area (TPSA) is 88.4 Å². The Morgan fingerprint density at radius 3 is 2.45 bits per heavy atom. The Balaban J connectivity index is 1.72. The summed E-state index contributed by atoms with van der Waals surface area (Å²) in [7, 11) is 1.56. The quantitative estimate of drug-likeness (QED) is 0.252. The van der Waals surface area contributed by atoms with Crippen molar-refractivity contribution in [2.45, 2.75) is 46.8 Å². The lowest BCUT2D eigenvalue weighted by Gasteiger charge is -2.25. The van der Waals surface area contributed by atoms with Crippen LogP contribution in [0, 0.1) is 0 Å². The van der Waals surface area contributed by atoms with Crippen LogP contribution in [0.25, 0.3) is 16.8 Å². The molecule has 8 nitrogen and oxygen atoms in total. The van der Waals surface area contributed by atoms with E-state index in [-0.39, 0.29) is 18.3 Å². The highest BCUT2D eigenvalue weighted by atomic mass is 32.1. The van der Waals surface area contributed by atoms with Gasteiger partial charge in [-0.2, -0.15) is 0 Å². The van der Waals surface area contributed by atoms with Gasteiger partial charge in [-0.15, -0.1) is 0 Å². The molecule has 1 atom stereocenters. The van der Waals surface area contributed by atoms with Crippen molar-refractivity contribution in [1.29, 1.82) is 0 Å². The molecule has 0 saturated carbocycles. The second kappa shape index (κ2) is 12.2. The van der Waals surface area contributed by atoms with Crippen molar-refractivity contribution >= 4 is 34.2 Å². The number of nitrogens with zero attached hydrogens (tertiary/aromatic N) is 2. The van der Waals surface area contributed by atoms with Crippen molar-refractivity contribution in [3.05, 3.63) is 96.7 Å². The number of rotatable bonds is 9. The SMILES string of the molecule is CCOC(=O)C1=C(C)N=c2s/c(=C\c3ccc(OCC)c4ccccc34)c(=O)n2[C@H]1c1ccc(OC(C)C)c(OC)c1. The van der Waals surface area contributed by atoms with Crippen molar-refractivity contribution in [3.63, 3.8) is 0 Å². The summed E-state index contributed by atoms with van der Waals surface area (Å²) < 4.78 is 24.9. The van der Waals surface area contributed by atoms with E-state index >= 15 is 0 Å². The van der Waals surface area contributed by atoms with Gasteiger partial charge in [-0.05, 0) is 75.4 Å². The average Bonchev–Trinajstić information content (AvgIpc) is 3.27. The third-order valence-electron chi connectivity index (χ3n) is 6.89. The molecule has 0 spiro atoms. The van der Waals surface area contributed by atoms with Crippen LogP contribution in [0.5, 0.6) is 17.2 Å². The maximum absolute atomic E-state index is 14.1. The Labute approximate surface area is 248 Å². The van der Waals surface area contributed by atoms with E-state index in [4.69, 9.17) is 23.9 Å². The highest BCUT2D eigenvalue weighted by Gasteiger charge is 2.34. The molecule has 0 N–H and O–H groups in total. The number of carbonyl (C=O) groups excluding carboxylic acids is 1. The molecule has 9 heteroatoms. The van der Waals surface area contributed by atoms with Crippen molar-refractivity contribution < 1.29 is 23.7 Å². The standard InChI is InChI=1S/C33H34N2O6S/c1-7-39-25-15-13-21(23-11-9-10-12-24(23)25)18-28-31(36)35-30(22-14-16-26(41-19(3)4)27(17-22)38-6)29(32(37)40-8-2)20(5)34-33(35)42-28/h9-19,30H,7-8H2,1-6H3/b28-18-/t30-/m0/s1. The zero-order valence-electron chi connectivity index (χ0n) is 24.6. The average molecular weight is 587 g/mol. The first-order valence-corrected chi connectivity index (χ1v) is 14.8. The smallest absolute Gasteiger partial charge is 0.338 e. The molecule has 0 radical (unpaired) electrons. The van der Waals surface area contributed by atoms with Crippen LogP contribution in [0.15, 0.2) is 75.7 Å². The molecular weight excluding hydrogens is 552 g/mol. The molecule has 1 aliphatic rings. The van der Waals surface area contributed by atoms with Gasteiger partial charge in [0.05, 0.1) is 48.3 Å². The lowest BCUT2D eigenvalue weighted by Crippen LogP contribution is -2.40. The number of allylic oxidation sites excluding steroid dienone is 1. The first kappa shape index (κ1) is 29.1. The normalized spacial score (nSPS) is 15.0. The van der Waals surface area contributed by atoms with Gasteiger partial charge < -0.3 is 18.9 Å².